The lowest BCUT2D eigenvalue weighted by atomic mass is 10.0. The summed E-state index contributed by atoms with van der Waals surface area (Å²) in [5.74, 6) is 0. The Morgan fingerprint density at radius 2 is 1.83 bits per heavy atom. The maximum absolute atomic E-state index is 10.2. The van der Waals surface area contributed by atoms with Gasteiger partial charge in [0.2, 0.25) is 0 Å². The number of rotatable bonds is 3. The second-order valence-electron chi connectivity index (χ2n) is 4.41. The van der Waals surface area contributed by atoms with Gasteiger partial charge >= 0.3 is 0 Å². The van der Waals surface area contributed by atoms with Crippen molar-refractivity contribution in [1.82, 2.24) is 0 Å². The van der Waals surface area contributed by atoms with Gasteiger partial charge in [0.15, 0.2) is 0 Å². The van der Waals surface area contributed by atoms with E-state index in [1.54, 1.807) is 6.07 Å². The first-order chi connectivity index (χ1) is 8.54. The van der Waals surface area contributed by atoms with Crippen LogP contribution >= 0.6 is 27.5 Å². The SMILES string of the molecule is Cc1ccc(CC(O)c2cc(Cl)cc(Br)c2)cc1. The monoisotopic (exact) mass is 324 g/mol. The number of hydrogen-bond donors (Lipinski definition) is 1. The first-order valence-electron chi connectivity index (χ1n) is 5.74. The number of aliphatic hydroxyl groups excluding tert-OH is 1. The molecule has 2 rings (SSSR count). The molecule has 2 aromatic rings. The number of halogens is 2. The Kier molecular flexibility index (Phi) is 4.44. The summed E-state index contributed by atoms with van der Waals surface area (Å²) in [5, 5.41) is 10.8. The van der Waals surface area contributed by atoms with Gasteiger partial charge in [-0.1, -0.05) is 57.4 Å². The van der Waals surface area contributed by atoms with Crippen LogP contribution in [-0.2, 0) is 6.42 Å². The van der Waals surface area contributed by atoms with Crippen molar-refractivity contribution in [2.75, 3.05) is 0 Å². The Morgan fingerprint density at radius 1 is 1.17 bits per heavy atom. The molecule has 3 heteroatoms. The Labute approximate surface area is 121 Å². The molecular weight excluding hydrogens is 312 g/mol. The molecule has 0 aromatic heterocycles. The second kappa shape index (κ2) is 5.87. The summed E-state index contributed by atoms with van der Waals surface area (Å²) < 4.78 is 0.882. The smallest absolute Gasteiger partial charge is 0.0831 e. The quantitative estimate of drug-likeness (QED) is 0.868. The first-order valence-corrected chi connectivity index (χ1v) is 6.91. The average Bonchev–Trinajstić information content (AvgIpc) is 2.31. The van der Waals surface area contributed by atoms with Gasteiger partial charge in [-0.25, -0.2) is 0 Å². The standard InChI is InChI=1S/C15H14BrClO/c1-10-2-4-11(5-3-10)6-15(18)12-7-13(16)9-14(17)8-12/h2-5,7-9,15,18H,6H2,1H3. The van der Waals surface area contributed by atoms with Crippen LogP contribution in [0.3, 0.4) is 0 Å². The maximum Gasteiger partial charge on any atom is 0.0831 e. The van der Waals surface area contributed by atoms with Crippen LogP contribution in [0.4, 0.5) is 0 Å². The molecule has 1 unspecified atom stereocenters. The third-order valence-corrected chi connectivity index (χ3v) is 3.50. The molecule has 1 nitrogen and oxygen atoms in total. The molecule has 0 amide bonds. The largest absolute Gasteiger partial charge is 0.388 e. The van der Waals surface area contributed by atoms with Crippen LogP contribution in [0.1, 0.15) is 22.8 Å². The predicted molar refractivity (Wildman–Crippen MR) is 79.0 cm³/mol. The molecule has 0 heterocycles. The van der Waals surface area contributed by atoms with Gasteiger partial charge in [0.25, 0.3) is 0 Å². The van der Waals surface area contributed by atoms with Crippen molar-refractivity contribution in [2.45, 2.75) is 19.4 Å². The number of aliphatic hydroxyl groups is 1. The Balaban J connectivity index is 2.16. The van der Waals surface area contributed by atoms with Crippen LogP contribution in [0, 0.1) is 6.92 Å². The molecule has 94 valence electrons. The summed E-state index contributed by atoms with van der Waals surface area (Å²) in [7, 11) is 0. The summed E-state index contributed by atoms with van der Waals surface area (Å²) >= 11 is 9.36. The molecule has 0 aliphatic rings. The van der Waals surface area contributed by atoms with E-state index in [4.69, 9.17) is 11.6 Å². The summed E-state index contributed by atoms with van der Waals surface area (Å²) in [6, 6.07) is 13.7. The lowest BCUT2D eigenvalue weighted by Crippen LogP contribution is -2.02. The summed E-state index contributed by atoms with van der Waals surface area (Å²) in [6.07, 6.45) is 0.0512. The van der Waals surface area contributed by atoms with Gasteiger partial charge in [-0.15, -0.1) is 0 Å². The number of benzene rings is 2. The van der Waals surface area contributed by atoms with Crippen LogP contribution in [-0.4, -0.2) is 5.11 Å². The first kappa shape index (κ1) is 13.6. The van der Waals surface area contributed by atoms with Crippen LogP contribution < -0.4 is 0 Å². The van der Waals surface area contributed by atoms with Crippen molar-refractivity contribution in [3.63, 3.8) is 0 Å². The zero-order valence-corrected chi connectivity index (χ0v) is 12.4. The van der Waals surface area contributed by atoms with Crippen LogP contribution in [0.5, 0.6) is 0 Å². The van der Waals surface area contributed by atoms with E-state index in [1.165, 1.54) is 5.56 Å². The molecule has 0 saturated carbocycles. The zero-order chi connectivity index (χ0) is 13.1. The molecule has 0 bridgehead atoms. The molecule has 0 fully saturated rings. The highest BCUT2D eigenvalue weighted by molar-refractivity contribution is 9.10. The highest BCUT2D eigenvalue weighted by Crippen LogP contribution is 2.26. The van der Waals surface area contributed by atoms with Gasteiger partial charge in [0.05, 0.1) is 6.10 Å². The fourth-order valence-electron chi connectivity index (χ4n) is 1.83. The van der Waals surface area contributed by atoms with Crippen LogP contribution in [0.15, 0.2) is 46.9 Å². The zero-order valence-electron chi connectivity index (χ0n) is 10.0. The van der Waals surface area contributed by atoms with E-state index in [0.717, 1.165) is 15.6 Å². The van der Waals surface area contributed by atoms with Crippen molar-refractivity contribution in [3.8, 4) is 0 Å². The topological polar surface area (TPSA) is 20.2 Å². The van der Waals surface area contributed by atoms with Crippen molar-refractivity contribution in [2.24, 2.45) is 0 Å². The molecule has 0 spiro atoms. The molecule has 0 aliphatic carbocycles. The van der Waals surface area contributed by atoms with Crippen LogP contribution in [0.25, 0.3) is 0 Å². The van der Waals surface area contributed by atoms with Crippen molar-refractivity contribution >= 4 is 27.5 Å². The average molecular weight is 326 g/mol. The predicted octanol–water partition coefficient (Wildman–Crippen LogP) is 4.69. The maximum atomic E-state index is 10.2. The second-order valence-corrected chi connectivity index (χ2v) is 5.76. The molecule has 0 saturated heterocycles. The highest BCUT2D eigenvalue weighted by Gasteiger charge is 2.10. The fraction of sp³-hybridized carbons (Fsp3) is 0.200. The summed E-state index contributed by atoms with van der Waals surface area (Å²) in [4.78, 5) is 0. The molecule has 1 N–H and O–H groups in total. The third kappa shape index (κ3) is 3.58. The van der Waals surface area contributed by atoms with Gasteiger partial charge in [0, 0.05) is 15.9 Å². The lowest BCUT2D eigenvalue weighted by Gasteiger charge is -2.12. The molecular formula is C15H14BrClO. The van der Waals surface area contributed by atoms with E-state index >= 15 is 0 Å². The normalized spacial score (nSPS) is 12.4. The Bertz CT molecular complexity index is 516. The number of hydrogen-bond acceptors (Lipinski definition) is 1. The third-order valence-electron chi connectivity index (χ3n) is 2.82. The van der Waals surface area contributed by atoms with Crippen molar-refractivity contribution in [3.05, 3.63) is 68.7 Å². The van der Waals surface area contributed by atoms with E-state index < -0.39 is 6.10 Å². The highest BCUT2D eigenvalue weighted by atomic mass is 79.9. The van der Waals surface area contributed by atoms with E-state index in [2.05, 4.69) is 28.1 Å². The van der Waals surface area contributed by atoms with Gasteiger partial charge in [-0.3, -0.25) is 0 Å². The fourth-order valence-corrected chi connectivity index (χ4v) is 2.72. The van der Waals surface area contributed by atoms with Gasteiger partial charge in [-0.2, -0.15) is 0 Å². The van der Waals surface area contributed by atoms with E-state index in [9.17, 15) is 5.11 Å². The Morgan fingerprint density at radius 3 is 2.44 bits per heavy atom. The molecule has 1 atom stereocenters. The van der Waals surface area contributed by atoms with Gasteiger partial charge in [0.1, 0.15) is 0 Å². The van der Waals surface area contributed by atoms with E-state index in [1.807, 2.05) is 31.2 Å². The van der Waals surface area contributed by atoms with Gasteiger partial charge < -0.3 is 5.11 Å². The molecule has 0 radical (unpaired) electrons. The minimum Gasteiger partial charge on any atom is -0.388 e. The minimum atomic E-state index is -0.539. The van der Waals surface area contributed by atoms with Gasteiger partial charge in [-0.05, 0) is 36.2 Å². The summed E-state index contributed by atoms with van der Waals surface area (Å²) in [5.41, 5.74) is 3.16. The van der Waals surface area contributed by atoms with Crippen molar-refractivity contribution in [1.29, 1.82) is 0 Å². The summed E-state index contributed by atoms with van der Waals surface area (Å²) in [6.45, 7) is 2.05. The van der Waals surface area contributed by atoms with Crippen LogP contribution in [0.2, 0.25) is 5.02 Å². The molecule has 0 aliphatic heterocycles. The molecule has 18 heavy (non-hydrogen) atoms. The van der Waals surface area contributed by atoms with Crippen molar-refractivity contribution < 1.29 is 5.11 Å². The number of aryl methyl sites for hydroxylation is 1. The van der Waals surface area contributed by atoms with E-state index in [-0.39, 0.29) is 0 Å². The Hall–Kier alpha value is -0.830. The molecule has 2 aromatic carbocycles. The lowest BCUT2D eigenvalue weighted by molar-refractivity contribution is 0.178. The van der Waals surface area contributed by atoms with E-state index in [0.29, 0.717) is 11.4 Å². The minimum absolute atomic E-state index is 0.539.